The number of para-hydroxylation sites is 1. The number of methoxy groups -OCH3 is 2. The van der Waals surface area contributed by atoms with Gasteiger partial charge < -0.3 is 23.9 Å². The Morgan fingerprint density at radius 1 is 1.12 bits per heavy atom. The molecule has 41 heavy (non-hydrogen) atoms. The summed E-state index contributed by atoms with van der Waals surface area (Å²) in [5.74, 6) is 1.01. The minimum Gasteiger partial charge on any atom is -0.494 e. The number of anilines is 2. The average Bonchev–Trinajstić information content (AvgIpc) is 3.57. The van der Waals surface area contributed by atoms with Gasteiger partial charge in [-0.25, -0.2) is 12.8 Å². The van der Waals surface area contributed by atoms with Gasteiger partial charge in [0, 0.05) is 18.8 Å². The highest BCUT2D eigenvalue weighted by Gasteiger charge is 2.37. The van der Waals surface area contributed by atoms with Crippen molar-refractivity contribution in [3.05, 3.63) is 65.7 Å². The number of nitrogens with zero attached hydrogens (tertiary/aromatic N) is 5. The number of piperidine rings is 1. The van der Waals surface area contributed by atoms with Gasteiger partial charge in [0.05, 0.1) is 25.9 Å². The van der Waals surface area contributed by atoms with Crippen LogP contribution in [-0.4, -0.2) is 67.0 Å². The van der Waals surface area contributed by atoms with Gasteiger partial charge in [-0.1, -0.05) is 6.07 Å². The van der Waals surface area contributed by atoms with Crippen LogP contribution in [0.25, 0.3) is 17.3 Å². The molecule has 1 saturated heterocycles. The molecule has 2 N–H and O–H groups in total. The van der Waals surface area contributed by atoms with E-state index in [1.807, 2.05) is 0 Å². The lowest BCUT2D eigenvalue weighted by Crippen LogP contribution is -2.50. The van der Waals surface area contributed by atoms with Gasteiger partial charge in [0.2, 0.25) is 21.8 Å². The number of ether oxygens (including phenoxy) is 2. The van der Waals surface area contributed by atoms with Crippen LogP contribution in [0.2, 0.25) is 0 Å². The Morgan fingerprint density at radius 2 is 1.85 bits per heavy atom. The first-order valence-electron chi connectivity index (χ1n) is 12.5. The predicted molar refractivity (Wildman–Crippen MR) is 147 cm³/mol. The number of nitriles is 1. The van der Waals surface area contributed by atoms with Gasteiger partial charge in [0.15, 0.2) is 5.76 Å². The second kappa shape index (κ2) is 11.1. The number of halogens is 1. The van der Waals surface area contributed by atoms with Gasteiger partial charge in [-0.05, 0) is 55.8 Å². The predicted octanol–water partition coefficient (Wildman–Crippen LogP) is 3.25. The molecule has 0 unspecified atom stereocenters. The SMILES string of the molecule is COc1cccc(OC)c1-n1c(NS(=O)(=O)[C@@H]2C[C@H](O)CN(c3ccc(F)c(C#N)c3)C2)nnc1-c1ccc(C)o1. The Bertz CT molecular complexity index is 1710. The molecule has 0 amide bonds. The molecule has 2 aromatic carbocycles. The van der Waals surface area contributed by atoms with Gasteiger partial charge in [-0.2, -0.15) is 5.26 Å². The van der Waals surface area contributed by atoms with Gasteiger partial charge in [-0.15, -0.1) is 10.2 Å². The Kier molecular flexibility index (Phi) is 7.57. The number of rotatable bonds is 8. The van der Waals surface area contributed by atoms with Crippen molar-refractivity contribution in [2.45, 2.75) is 24.7 Å². The third-order valence-corrected chi connectivity index (χ3v) is 8.43. The summed E-state index contributed by atoms with van der Waals surface area (Å²) in [6.45, 7) is 1.84. The maximum atomic E-state index is 13.9. The molecule has 2 atom stereocenters. The monoisotopic (exact) mass is 582 g/mol. The minimum atomic E-state index is -4.19. The minimum absolute atomic E-state index is 0.0285. The summed E-state index contributed by atoms with van der Waals surface area (Å²) in [5.41, 5.74) is 0.573. The maximum absolute atomic E-state index is 13.9. The molecule has 5 rings (SSSR count). The largest absolute Gasteiger partial charge is 0.494 e. The summed E-state index contributed by atoms with van der Waals surface area (Å²) in [6, 6.07) is 14.2. The van der Waals surface area contributed by atoms with Crippen molar-refractivity contribution in [3.8, 4) is 34.8 Å². The van der Waals surface area contributed by atoms with E-state index < -0.39 is 27.2 Å². The van der Waals surface area contributed by atoms with E-state index in [0.717, 1.165) is 6.07 Å². The molecule has 0 saturated carbocycles. The first kappa shape index (κ1) is 27.9. The number of hydrogen-bond acceptors (Lipinski definition) is 10. The molecule has 0 aliphatic carbocycles. The molecule has 0 spiro atoms. The maximum Gasteiger partial charge on any atom is 0.243 e. The fraction of sp³-hybridized carbons (Fsp3) is 0.296. The number of aliphatic hydroxyl groups is 1. The first-order valence-corrected chi connectivity index (χ1v) is 14.1. The summed E-state index contributed by atoms with van der Waals surface area (Å²) in [7, 11) is -1.26. The lowest BCUT2D eigenvalue weighted by atomic mass is 10.1. The van der Waals surface area contributed by atoms with Crippen LogP contribution in [0.5, 0.6) is 11.5 Å². The Labute approximate surface area is 235 Å². The Hall–Kier alpha value is -4.61. The number of aromatic nitrogens is 3. The Balaban J connectivity index is 1.55. The molecule has 1 aliphatic rings. The average molecular weight is 583 g/mol. The van der Waals surface area contributed by atoms with Crippen molar-refractivity contribution in [3.63, 3.8) is 0 Å². The van der Waals surface area contributed by atoms with Crippen LogP contribution in [0.15, 0.2) is 52.9 Å². The van der Waals surface area contributed by atoms with E-state index in [2.05, 4.69) is 14.9 Å². The van der Waals surface area contributed by atoms with Crippen LogP contribution in [0.4, 0.5) is 16.0 Å². The van der Waals surface area contributed by atoms with E-state index in [0.29, 0.717) is 34.4 Å². The van der Waals surface area contributed by atoms with Crippen LogP contribution < -0.4 is 19.1 Å². The van der Waals surface area contributed by atoms with Crippen LogP contribution in [0.1, 0.15) is 17.7 Å². The summed E-state index contributed by atoms with van der Waals surface area (Å²) in [5, 5.41) is 27.1. The van der Waals surface area contributed by atoms with Gasteiger partial charge in [0.1, 0.15) is 40.1 Å². The number of nitrogens with one attached hydrogen (secondary N) is 1. The summed E-state index contributed by atoms with van der Waals surface area (Å²) in [4.78, 5) is 1.60. The number of β-amino-alcohol motifs (C(OH)–C–C–N with tert-alkyl or cyclic N) is 1. The van der Waals surface area contributed by atoms with Crippen LogP contribution in [0, 0.1) is 24.1 Å². The highest BCUT2D eigenvalue weighted by atomic mass is 32.2. The third kappa shape index (κ3) is 5.41. The van der Waals surface area contributed by atoms with Crippen molar-refractivity contribution in [1.29, 1.82) is 5.26 Å². The zero-order chi connectivity index (χ0) is 29.3. The lowest BCUT2D eigenvalue weighted by molar-refractivity contribution is 0.155. The standard InChI is InChI=1S/C27H27FN6O6S/c1-16-7-10-24(40-16)26-30-31-27(34(26)25-22(38-2)5-4-6-23(25)39-3)32-41(36,37)20-12-19(35)14-33(15-20)18-8-9-21(28)17(11-18)13-29/h4-11,19-20,35H,12,14-15H2,1-3H3,(H,31,32)/t19-,20+/m0/s1. The molecule has 1 aliphatic heterocycles. The van der Waals surface area contributed by atoms with E-state index in [4.69, 9.17) is 13.9 Å². The van der Waals surface area contributed by atoms with Crippen molar-refractivity contribution in [1.82, 2.24) is 14.8 Å². The summed E-state index contributed by atoms with van der Waals surface area (Å²) >= 11 is 0. The van der Waals surface area contributed by atoms with Crippen LogP contribution in [0.3, 0.4) is 0 Å². The molecule has 12 nitrogen and oxygen atoms in total. The van der Waals surface area contributed by atoms with E-state index in [-0.39, 0.29) is 36.8 Å². The molecule has 0 radical (unpaired) electrons. The second-order valence-electron chi connectivity index (χ2n) is 9.44. The van der Waals surface area contributed by atoms with E-state index in [1.54, 1.807) is 48.2 Å². The zero-order valence-corrected chi connectivity index (χ0v) is 23.2. The van der Waals surface area contributed by atoms with E-state index in [1.165, 1.54) is 30.9 Å². The van der Waals surface area contributed by atoms with Crippen molar-refractivity contribution in [2.24, 2.45) is 0 Å². The zero-order valence-electron chi connectivity index (χ0n) is 22.4. The number of aryl methyl sites for hydroxylation is 1. The topological polar surface area (TPSA) is 156 Å². The van der Waals surface area contributed by atoms with Gasteiger partial charge >= 0.3 is 0 Å². The molecule has 4 aromatic rings. The number of benzene rings is 2. The van der Waals surface area contributed by atoms with Gasteiger partial charge in [-0.3, -0.25) is 9.29 Å². The normalized spacial score (nSPS) is 17.2. The molecule has 214 valence electrons. The molecule has 1 fully saturated rings. The van der Waals surface area contributed by atoms with Crippen molar-refractivity contribution < 1.29 is 31.8 Å². The van der Waals surface area contributed by atoms with E-state index >= 15 is 0 Å². The number of hydrogen-bond donors (Lipinski definition) is 2. The summed E-state index contributed by atoms with van der Waals surface area (Å²) < 4.78 is 62.3. The van der Waals surface area contributed by atoms with Crippen molar-refractivity contribution in [2.75, 3.05) is 36.9 Å². The number of sulfonamides is 1. The third-order valence-electron chi connectivity index (χ3n) is 6.75. The van der Waals surface area contributed by atoms with Gasteiger partial charge in [0.25, 0.3) is 0 Å². The number of furan rings is 1. The van der Waals surface area contributed by atoms with Crippen LogP contribution >= 0.6 is 0 Å². The fourth-order valence-electron chi connectivity index (χ4n) is 4.80. The fourth-order valence-corrected chi connectivity index (χ4v) is 6.20. The summed E-state index contributed by atoms with van der Waals surface area (Å²) in [6.07, 6.45) is -1.07. The van der Waals surface area contributed by atoms with Crippen LogP contribution in [-0.2, 0) is 10.0 Å². The Morgan fingerprint density at radius 3 is 2.49 bits per heavy atom. The molecular formula is C27H27FN6O6S. The molecule has 14 heteroatoms. The molecule has 3 heterocycles. The first-order chi connectivity index (χ1) is 19.6. The smallest absolute Gasteiger partial charge is 0.243 e. The van der Waals surface area contributed by atoms with Crippen molar-refractivity contribution >= 4 is 21.7 Å². The quantitative estimate of drug-likeness (QED) is 0.316. The highest BCUT2D eigenvalue weighted by Crippen LogP contribution is 2.38. The second-order valence-corrected chi connectivity index (χ2v) is 11.4. The number of aliphatic hydroxyl groups excluding tert-OH is 1. The lowest BCUT2D eigenvalue weighted by Gasteiger charge is -2.36. The van der Waals surface area contributed by atoms with E-state index in [9.17, 15) is 23.2 Å². The molecule has 2 aromatic heterocycles. The molecule has 0 bridgehead atoms. The highest BCUT2D eigenvalue weighted by molar-refractivity contribution is 7.93. The molecular weight excluding hydrogens is 555 g/mol.